The topological polar surface area (TPSA) is 53.4 Å². The van der Waals surface area contributed by atoms with Crippen LogP contribution in [0.3, 0.4) is 0 Å². The van der Waals surface area contributed by atoms with Crippen molar-refractivity contribution >= 4 is 11.6 Å². The normalized spacial score (nSPS) is 21.5. The van der Waals surface area contributed by atoms with Gasteiger partial charge in [0.2, 0.25) is 0 Å². The highest BCUT2D eigenvalue weighted by atomic mass is 35.5. The van der Waals surface area contributed by atoms with Gasteiger partial charge in [-0.25, -0.2) is 4.39 Å². The molecule has 0 aromatic heterocycles. The van der Waals surface area contributed by atoms with Crippen LogP contribution in [0.25, 0.3) is 0 Å². The van der Waals surface area contributed by atoms with Crippen molar-refractivity contribution in [2.75, 3.05) is 79.5 Å². The van der Waals surface area contributed by atoms with E-state index in [1.54, 1.807) is 12.1 Å². The van der Waals surface area contributed by atoms with E-state index in [4.69, 9.17) is 11.6 Å². The number of hydrogen-bond acceptors (Lipinski definition) is 6. The number of aliphatic hydroxyl groups is 2. The lowest BCUT2D eigenvalue weighted by molar-refractivity contribution is -0.0316. The van der Waals surface area contributed by atoms with Crippen LogP contribution in [0.4, 0.5) is 4.39 Å². The molecule has 4 rings (SSSR count). The highest BCUT2D eigenvalue weighted by molar-refractivity contribution is 6.31. The number of nitrogens with zero attached hydrogens (tertiary/aromatic N) is 4. The van der Waals surface area contributed by atoms with E-state index < -0.39 is 11.2 Å². The molecular weight excluding hydrogens is 575 g/mol. The molecule has 6 nitrogen and oxygen atoms in total. The predicted octanol–water partition coefficient (Wildman–Crippen LogP) is 5.30. The Labute approximate surface area is 271 Å². The average molecular weight is 633 g/mol. The zero-order valence-corrected chi connectivity index (χ0v) is 28.9. The summed E-state index contributed by atoms with van der Waals surface area (Å²) in [6, 6.07) is 14.3. The summed E-state index contributed by atoms with van der Waals surface area (Å²) in [5.74, 6) is 0.178. The molecule has 44 heavy (non-hydrogen) atoms. The summed E-state index contributed by atoms with van der Waals surface area (Å²) in [4.78, 5) is 9.61. The minimum atomic E-state index is -0.735. The van der Waals surface area contributed by atoms with Crippen LogP contribution >= 0.6 is 11.6 Å². The maximum absolute atomic E-state index is 13.0. The minimum absolute atomic E-state index is 0.186. The Hall–Kier alpha value is -1.58. The molecule has 2 N–H and O–H groups in total. The van der Waals surface area contributed by atoms with E-state index >= 15 is 0 Å². The molecule has 2 saturated heterocycles. The number of rotatable bonds is 12. The van der Waals surface area contributed by atoms with E-state index in [0.29, 0.717) is 19.3 Å². The average Bonchev–Trinajstić information content (AvgIpc) is 3.02. The molecule has 2 heterocycles. The van der Waals surface area contributed by atoms with E-state index in [0.717, 1.165) is 88.0 Å². The third-order valence-electron chi connectivity index (χ3n) is 10.2. The molecule has 2 aliphatic rings. The Morgan fingerprint density at radius 1 is 0.705 bits per heavy atom. The first-order valence-electron chi connectivity index (χ1n) is 16.6. The second-order valence-corrected chi connectivity index (χ2v) is 13.9. The van der Waals surface area contributed by atoms with Gasteiger partial charge in [-0.1, -0.05) is 69.6 Å². The van der Waals surface area contributed by atoms with Crippen LogP contribution in [0.1, 0.15) is 51.7 Å². The van der Waals surface area contributed by atoms with Crippen molar-refractivity contribution in [2.45, 2.75) is 64.6 Å². The molecule has 2 fully saturated rings. The van der Waals surface area contributed by atoms with Crippen LogP contribution < -0.4 is 0 Å². The highest BCUT2D eigenvalue weighted by Gasteiger charge is 2.35. The lowest BCUT2D eigenvalue weighted by atomic mass is 9.80. The first-order valence-corrected chi connectivity index (χ1v) is 17.0. The van der Waals surface area contributed by atoms with Crippen LogP contribution in [0.15, 0.2) is 48.5 Å². The molecule has 248 valence electrons. The minimum Gasteiger partial charge on any atom is -0.389 e. The predicted molar refractivity (Wildman–Crippen MR) is 182 cm³/mol. The van der Waals surface area contributed by atoms with Gasteiger partial charge in [-0.3, -0.25) is 0 Å². The van der Waals surface area contributed by atoms with E-state index in [-0.39, 0.29) is 17.7 Å². The third-order valence-corrected chi connectivity index (χ3v) is 10.6. The zero-order chi connectivity index (χ0) is 32.3. The van der Waals surface area contributed by atoms with Crippen molar-refractivity contribution in [3.8, 4) is 0 Å². The Bertz CT molecular complexity index is 1110. The van der Waals surface area contributed by atoms with Crippen molar-refractivity contribution in [2.24, 2.45) is 11.8 Å². The summed E-state index contributed by atoms with van der Waals surface area (Å²) < 4.78 is 13.0. The molecular formula is C36H58ClFN4O2. The first kappa shape index (κ1) is 36.9. The van der Waals surface area contributed by atoms with E-state index in [1.807, 2.05) is 31.2 Å². The fraction of sp³-hybridized carbons (Fsp3) is 0.667. The van der Waals surface area contributed by atoms with Crippen molar-refractivity contribution in [3.05, 3.63) is 70.5 Å². The van der Waals surface area contributed by atoms with Gasteiger partial charge in [-0.2, -0.15) is 0 Å². The van der Waals surface area contributed by atoms with Crippen LogP contribution in [-0.4, -0.2) is 121 Å². The molecule has 2 aromatic rings. The van der Waals surface area contributed by atoms with Crippen molar-refractivity contribution < 1.29 is 14.6 Å². The monoisotopic (exact) mass is 632 g/mol. The first-order chi connectivity index (χ1) is 20.9. The van der Waals surface area contributed by atoms with Gasteiger partial charge >= 0.3 is 0 Å². The summed E-state index contributed by atoms with van der Waals surface area (Å²) in [5, 5.41) is 23.0. The molecule has 8 heteroatoms. The van der Waals surface area contributed by atoms with Crippen LogP contribution in [-0.2, 0) is 12.8 Å². The molecule has 0 amide bonds. The second kappa shape index (κ2) is 17.4. The summed E-state index contributed by atoms with van der Waals surface area (Å²) in [5.41, 5.74) is 0.602. The molecule has 0 bridgehead atoms. The van der Waals surface area contributed by atoms with E-state index in [2.05, 4.69) is 54.5 Å². The Morgan fingerprint density at radius 3 is 1.57 bits per heavy atom. The van der Waals surface area contributed by atoms with Crippen molar-refractivity contribution in [3.63, 3.8) is 0 Å². The Balaban J connectivity index is 0.000000240. The van der Waals surface area contributed by atoms with Gasteiger partial charge in [-0.05, 0) is 68.1 Å². The standard InChI is InChI=1S/C18H29ClN2O.C18H29FN2O/c1-4-18(22,13-16-7-5-6-8-17(16)19)15(2)14-21-11-9-20(3)10-12-21;1-4-18(22,13-16-5-7-17(19)8-6-16)15(2)14-21-11-9-20(3)10-12-21/h2*5-8,15,22H,4,9-14H2,1-3H3. The maximum atomic E-state index is 13.0. The fourth-order valence-electron chi connectivity index (χ4n) is 6.40. The van der Waals surface area contributed by atoms with Gasteiger partial charge in [0.15, 0.2) is 0 Å². The largest absolute Gasteiger partial charge is 0.389 e. The number of likely N-dealkylation sites (N-methyl/N-ethyl adjacent to an activating group) is 2. The van der Waals surface area contributed by atoms with Gasteiger partial charge < -0.3 is 29.8 Å². The fourth-order valence-corrected chi connectivity index (χ4v) is 6.60. The summed E-state index contributed by atoms with van der Waals surface area (Å²) in [7, 11) is 4.32. The lowest BCUT2D eigenvalue weighted by Crippen LogP contribution is -2.50. The van der Waals surface area contributed by atoms with Gasteiger partial charge in [0.05, 0.1) is 11.2 Å². The molecule has 2 aromatic carbocycles. The van der Waals surface area contributed by atoms with Gasteiger partial charge in [0.1, 0.15) is 5.82 Å². The number of halogens is 2. The van der Waals surface area contributed by atoms with Crippen LogP contribution in [0, 0.1) is 17.7 Å². The van der Waals surface area contributed by atoms with E-state index in [1.165, 1.54) is 12.1 Å². The molecule has 0 aliphatic carbocycles. The quantitative estimate of drug-likeness (QED) is 0.331. The van der Waals surface area contributed by atoms with Crippen LogP contribution in [0.5, 0.6) is 0 Å². The maximum Gasteiger partial charge on any atom is 0.123 e. The van der Waals surface area contributed by atoms with Crippen molar-refractivity contribution in [1.82, 2.24) is 19.6 Å². The molecule has 0 radical (unpaired) electrons. The summed E-state index contributed by atoms with van der Waals surface area (Å²) in [6.45, 7) is 19.0. The van der Waals surface area contributed by atoms with Gasteiger partial charge in [0.25, 0.3) is 0 Å². The smallest absolute Gasteiger partial charge is 0.123 e. The summed E-state index contributed by atoms with van der Waals surface area (Å²) >= 11 is 6.27. The SMILES string of the molecule is CCC(O)(Cc1ccc(F)cc1)C(C)CN1CCN(C)CC1.CCC(O)(Cc1ccccc1Cl)C(C)CN1CCN(C)CC1. The molecule has 0 saturated carbocycles. The highest BCUT2D eigenvalue weighted by Crippen LogP contribution is 2.30. The molecule has 0 spiro atoms. The van der Waals surface area contributed by atoms with Gasteiger partial charge in [0, 0.05) is 83.3 Å². The Morgan fingerprint density at radius 2 is 1.14 bits per heavy atom. The molecule has 4 atom stereocenters. The van der Waals surface area contributed by atoms with Crippen molar-refractivity contribution in [1.29, 1.82) is 0 Å². The van der Waals surface area contributed by atoms with Crippen LogP contribution in [0.2, 0.25) is 5.02 Å². The van der Waals surface area contributed by atoms with Gasteiger partial charge in [-0.15, -0.1) is 0 Å². The Kier molecular flexibility index (Phi) is 14.6. The number of piperazine rings is 2. The number of hydrogen-bond donors (Lipinski definition) is 2. The third kappa shape index (κ3) is 11.0. The summed E-state index contributed by atoms with van der Waals surface area (Å²) in [6.07, 6.45) is 2.66. The molecule has 2 aliphatic heterocycles. The van der Waals surface area contributed by atoms with E-state index in [9.17, 15) is 14.6 Å². The second-order valence-electron chi connectivity index (χ2n) is 13.5. The zero-order valence-electron chi connectivity index (χ0n) is 28.1. The number of benzene rings is 2. The lowest BCUT2D eigenvalue weighted by Gasteiger charge is -2.39. The molecule has 4 unspecified atom stereocenters.